The average molecular weight is 446 g/mol. The highest BCUT2D eigenvalue weighted by Gasteiger charge is 2.36. The largest absolute Gasteiger partial charge is 0.473 e. The molecule has 0 spiro atoms. The molecule has 2 aliphatic heterocycles. The first kappa shape index (κ1) is 21.2. The first-order chi connectivity index (χ1) is 15.9. The van der Waals surface area contributed by atoms with Crippen molar-refractivity contribution in [1.29, 1.82) is 5.26 Å². The topological polar surface area (TPSA) is 121 Å². The third-order valence-electron chi connectivity index (χ3n) is 6.53. The molecule has 0 amide bonds. The number of nitriles is 1. The van der Waals surface area contributed by atoms with Crippen molar-refractivity contribution in [3.8, 4) is 23.2 Å². The van der Waals surface area contributed by atoms with Gasteiger partial charge in [0.2, 0.25) is 11.8 Å². The van der Waals surface area contributed by atoms with E-state index in [0.717, 1.165) is 35.5 Å². The Morgan fingerprint density at radius 2 is 2.27 bits per heavy atom. The van der Waals surface area contributed by atoms with E-state index in [1.807, 2.05) is 29.8 Å². The van der Waals surface area contributed by atoms with Crippen molar-refractivity contribution in [2.24, 2.45) is 5.92 Å². The van der Waals surface area contributed by atoms with Crippen molar-refractivity contribution in [3.05, 3.63) is 41.7 Å². The second-order valence-electron chi connectivity index (χ2n) is 9.30. The van der Waals surface area contributed by atoms with Crippen molar-refractivity contribution >= 4 is 17.3 Å². The Bertz CT molecular complexity index is 1250. The van der Waals surface area contributed by atoms with Crippen LogP contribution in [0.3, 0.4) is 0 Å². The van der Waals surface area contributed by atoms with Gasteiger partial charge >= 0.3 is 0 Å². The van der Waals surface area contributed by atoms with Gasteiger partial charge in [-0.2, -0.15) is 10.4 Å². The molecule has 3 N–H and O–H groups in total. The van der Waals surface area contributed by atoms with Gasteiger partial charge in [0.1, 0.15) is 17.9 Å². The van der Waals surface area contributed by atoms with E-state index in [-0.39, 0.29) is 12.7 Å². The Morgan fingerprint density at radius 1 is 1.42 bits per heavy atom. The number of ether oxygens (including phenoxy) is 1. The number of aromatic nitrogens is 4. The molecule has 33 heavy (non-hydrogen) atoms. The summed E-state index contributed by atoms with van der Waals surface area (Å²) >= 11 is 0. The third-order valence-corrected chi connectivity index (χ3v) is 6.53. The molecule has 2 aromatic heterocycles. The van der Waals surface area contributed by atoms with Crippen molar-refractivity contribution in [2.45, 2.75) is 45.3 Å². The highest BCUT2D eigenvalue weighted by molar-refractivity contribution is 5.76. The molecule has 0 bridgehead atoms. The third kappa shape index (κ3) is 3.66. The predicted octanol–water partition coefficient (Wildman–Crippen LogP) is 3.44. The standard InChI is InChI=1S/C24H27N7O2/c1-14(2)20-5-7-31-22(33-20)19(11-28-31)30-23-26-6-4-18(29-23)15-8-16(10-25)21-17(9-15)24(3,13-32)12-27-21/h4,6,8-9,11,14,20,27,32H,5,7,12-13H2,1-3H3,(H,26,29,30)/t20?,24-/m1/s1. The molecule has 0 fully saturated rings. The number of hydrogen-bond acceptors (Lipinski definition) is 8. The lowest BCUT2D eigenvalue weighted by Gasteiger charge is -2.28. The van der Waals surface area contributed by atoms with Gasteiger partial charge in [0.05, 0.1) is 29.7 Å². The van der Waals surface area contributed by atoms with Crippen LogP contribution < -0.4 is 15.4 Å². The summed E-state index contributed by atoms with van der Waals surface area (Å²) in [4.78, 5) is 9.06. The lowest BCUT2D eigenvalue weighted by atomic mass is 9.83. The maximum atomic E-state index is 9.96. The van der Waals surface area contributed by atoms with E-state index in [4.69, 9.17) is 4.74 Å². The summed E-state index contributed by atoms with van der Waals surface area (Å²) in [6.45, 7) is 7.67. The zero-order valence-corrected chi connectivity index (χ0v) is 19.0. The van der Waals surface area contributed by atoms with Crippen molar-refractivity contribution < 1.29 is 9.84 Å². The first-order valence-corrected chi connectivity index (χ1v) is 11.2. The smallest absolute Gasteiger partial charge is 0.236 e. The molecule has 3 aromatic rings. The number of fused-ring (bicyclic) bond motifs is 2. The molecule has 4 heterocycles. The van der Waals surface area contributed by atoms with Gasteiger partial charge in [-0.25, -0.2) is 14.6 Å². The maximum Gasteiger partial charge on any atom is 0.236 e. The van der Waals surface area contributed by atoms with E-state index in [0.29, 0.717) is 35.5 Å². The Balaban J connectivity index is 1.47. The quantitative estimate of drug-likeness (QED) is 0.546. The van der Waals surface area contributed by atoms with Gasteiger partial charge in [0.25, 0.3) is 0 Å². The number of rotatable bonds is 5. The monoisotopic (exact) mass is 445 g/mol. The fraction of sp³-hybridized carbons (Fsp3) is 0.417. The zero-order chi connectivity index (χ0) is 23.2. The minimum atomic E-state index is -0.452. The van der Waals surface area contributed by atoms with E-state index in [1.165, 1.54) is 0 Å². The van der Waals surface area contributed by atoms with Crippen LogP contribution in [0.1, 0.15) is 38.3 Å². The fourth-order valence-corrected chi connectivity index (χ4v) is 4.43. The molecule has 2 aliphatic rings. The highest BCUT2D eigenvalue weighted by atomic mass is 16.5. The van der Waals surface area contributed by atoms with E-state index in [9.17, 15) is 10.4 Å². The highest BCUT2D eigenvalue weighted by Crippen LogP contribution is 2.41. The summed E-state index contributed by atoms with van der Waals surface area (Å²) in [5.74, 6) is 1.53. The van der Waals surface area contributed by atoms with Crippen molar-refractivity contribution in [2.75, 3.05) is 23.8 Å². The molecule has 1 aromatic carbocycles. The molecular formula is C24H27N7O2. The second-order valence-corrected chi connectivity index (χ2v) is 9.30. The van der Waals surface area contributed by atoms with Crippen LogP contribution in [0.2, 0.25) is 0 Å². The molecule has 0 saturated heterocycles. The van der Waals surface area contributed by atoms with Gasteiger partial charge < -0.3 is 20.5 Å². The van der Waals surface area contributed by atoms with Gasteiger partial charge in [0, 0.05) is 36.7 Å². The summed E-state index contributed by atoms with van der Waals surface area (Å²) in [5.41, 5.74) is 3.99. The van der Waals surface area contributed by atoms with E-state index in [2.05, 4.69) is 45.6 Å². The molecule has 170 valence electrons. The number of aliphatic hydroxyl groups excluding tert-OH is 1. The van der Waals surface area contributed by atoms with Crippen LogP contribution in [0.25, 0.3) is 11.3 Å². The number of aliphatic hydroxyl groups is 1. The summed E-state index contributed by atoms with van der Waals surface area (Å²) in [6.07, 6.45) is 4.49. The van der Waals surface area contributed by atoms with Crippen LogP contribution in [0.15, 0.2) is 30.6 Å². The van der Waals surface area contributed by atoms with E-state index >= 15 is 0 Å². The Morgan fingerprint density at radius 3 is 3.03 bits per heavy atom. The Kier molecular flexibility index (Phi) is 5.17. The molecule has 9 nitrogen and oxygen atoms in total. The molecule has 9 heteroatoms. The molecule has 2 atom stereocenters. The normalized spacial score (nSPS) is 21.0. The number of benzene rings is 1. The minimum absolute atomic E-state index is 0.0119. The summed E-state index contributed by atoms with van der Waals surface area (Å²) in [7, 11) is 0. The predicted molar refractivity (Wildman–Crippen MR) is 124 cm³/mol. The molecule has 0 saturated carbocycles. The van der Waals surface area contributed by atoms with Crippen LogP contribution >= 0.6 is 0 Å². The van der Waals surface area contributed by atoms with Crippen LogP contribution in [-0.2, 0) is 12.0 Å². The minimum Gasteiger partial charge on any atom is -0.473 e. The van der Waals surface area contributed by atoms with Crippen LogP contribution in [0.4, 0.5) is 17.3 Å². The van der Waals surface area contributed by atoms with Gasteiger partial charge in [-0.05, 0) is 29.7 Å². The van der Waals surface area contributed by atoms with Gasteiger partial charge in [-0.15, -0.1) is 0 Å². The average Bonchev–Trinajstić information content (AvgIpc) is 3.39. The molecular weight excluding hydrogens is 418 g/mol. The van der Waals surface area contributed by atoms with E-state index in [1.54, 1.807) is 12.4 Å². The van der Waals surface area contributed by atoms with Gasteiger partial charge in [-0.1, -0.05) is 20.8 Å². The maximum absolute atomic E-state index is 9.96. The SMILES string of the molecule is CC(C)C1CCn2ncc(Nc3nccc(-c4cc(C#N)c5c(c4)[C@@](C)(CO)CN5)n3)c2O1. The van der Waals surface area contributed by atoms with Crippen LogP contribution in [-0.4, -0.2) is 44.1 Å². The van der Waals surface area contributed by atoms with Gasteiger partial charge in [0.15, 0.2) is 0 Å². The molecule has 0 aliphatic carbocycles. The molecule has 1 unspecified atom stereocenters. The van der Waals surface area contributed by atoms with Gasteiger partial charge in [-0.3, -0.25) is 0 Å². The summed E-state index contributed by atoms with van der Waals surface area (Å²) < 4.78 is 8.04. The summed E-state index contributed by atoms with van der Waals surface area (Å²) in [5, 5.41) is 30.6. The molecule has 0 radical (unpaired) electrons. The lowest BCUT2D eigenvalue weighted by molar-refractivity contribution is 0.0948. The van der Waals surface area contributed by atoms with Crippen molar-refractivity contribution in [1.82, 2.24) is 19.7 Å². The van der Waals surface area contributed by atoms with E-state index < -0.39 is 5.41 Å². The first-order valence-electron chi connectivity index (χ1n) is 11.2. The zero-order valence-electron chi connectivity index (χ0n) is 19.0. The summed E-state index contributed by atoms with van der Waals surface area (Å²) in [6, 6.07) is 7.89. The number of nitrogens with one attached hydrogen (secondary N) is 2. The Labute approximate surface area is 192 Å². The van der Waals surface area contributed by atoms with Crippen LogP contribution in [0.5, 0.6) is 5.88 Å². The van der Waals surface area contributed by atoms with Crippen molar-refractivity contribution in [3.63, 3.8) is 0 Å². The number of aryl methyl sites for hydroxylation is 1. The second kappa shape index (κ2) is 8.05. The lowest BCUT2D eigenvalue weighted by Crippen LogP contribution is -2.30. The fourth-order valence-electron chi connectivity index (χ4n) is 4.43. The number of hydrogen-bond donors (Lipinski definition) is 3. The Hall–Kier alpha value is -3.64. The number of nitrogens with zero attached hydrogens (tertiary/aromatic N) is 5. The molecule has 5 rings (SSSR count). The van der Waals surface area contributed by atoms with Crippen LogP contribution in [0, 0.1) is 17.2 Å². The number of anilines is 3.